The van der Waals surface area contributed by atoms with Crippen LogP contribution in [-0.4, -0.2) is 22.0 Å². The van der Waals surface area contributed by atoms with Crippen molar-refractivity contribution in [2.24, 2.45) is 0 Å². The summed E-state index contributed by atoms with van der Waals surface area (Å²) >= 11 is 3.17. The van der Waals surface area contributed by atoms with Crippen molar-refractivity contribution in [1.29, 1.82) is 5.26 Å². The molecule has 4 aromatic rings. The standard InChI is InChI=1S/C32H24BrF3N2O6/c1-20(39)44-31(41,25-7-3-2-4-8-25)30(40)43-29(14-22-11-12-26(16-27(22)33)32(34,35)36)23-9-10-24(17-37)28(15-23)42-19-21-6-5-13-38-18-21/h2-13,15-16,18,29,41H,14,19H2,1H3. The van der Waals surface area contributed by atoms with E-state index in [1.54, 1.807) is 30.6 Å². The first-order valence-corrected chi connectivity index (χ1v) is 13.8. The van der Waals surface area contributed by atoms with Gasteiger partial charge in [-0.1, -0.05) is 64.5 Å². The molecule has 2 unspecified atom stereocenters. The molecule has 12 heteroatoms. The number of hydrogen-bond acceptors (Lipinski definition) is 8. The number of pyridine rings is 1. The van der Waals surface area contributed by atoms with Gasteiger partial charge < -0.3 is 19.3 Å². The third-order valence-corrected chi connectivity index (χ3v) is 7.12. The van der Waals surface area contributed by atoms with E-state index in [1.807, 2.05) is 6.07 Å². The lowest BCUT2D eigenvalue weighted by Gasteiger charge is -2.28. The normalized spacial score (nSPS) is 13.2. The lowest BCUT2D eigenvalue weighted by Crippen LogP contribution is -2.42. The molecular weight excluding hydrogens is 645 g/mol. The van der Waals surface area contributed by atoms with Gasteiger partial charge in [-0.3, -0.25) is 9.78 Å². The summed E-state index contributed by atoms with van der Waals surface area (Å²) in [5.41, 5.74) is 0.513. The van der Waals surface area contributed by atoms with Gasteiger partial charge in [-0.05, 0) is 41.5 Å². The molecule has 3 aromatic carbocycles. The monoisotopic (exact) mass is 668 g/mol. The molecule has 0 radical (unpaired) electrons. The second kappa shape index (κ2) is 13.7. The molecule has 4 rings (SSSR count). The summed E-state index contributed by atoms with van der Waals surface area (Å²) in [6.45, 7) is 1.06. The second-order valence-corrected chi connectivity index (χ2v) is 10.4. The molecule has 0 amide bonds. The maximum Gasteiger partial charge on any atom is 0.416 e. The highest BCUT2D eigenvalue weighted by Gasteiger charge is 2.45. The van der Waals surface area contributed by atoms with E-state index in [0.29, 0.717) is 11.1 Å². The predicted molar refractivity (Wildman–Crippen MR) is 154 cm³/mol. The fourth-order valence-corrected chi connectivity index (χ4v) is 4.75. The molecule has 0 fully saturated rings. The van der Waals surface area contributed by atoms with Gasteiger partial charge >= 0.3 is 23.9 Å². The van der Waals surface area contributed by atoms with Crippen LogP contribution in [0.1, 0.15) is 46.4 Å². The Morgan fingerprint density at radius 2 is 1.77 bits per heavy atom. The molecule has 226 valence electrons. The highest BCUT2D eigenvalue weighted by molar-refractivity contribution is 9.10. The van der Waals surface area contributed by atoms with Gasteiger partial charge in [-0.25, -0.2) is 4.79 Å². The number of carbonyl (C=O) groups excluding carboxylic acids is 2. The van der Waals surface area contributed by atoms with E-state index in [9.17, 15) is 33.1 Å². The lowest BCUT2D eigenvalue weighted by atomic mass is 9.98. The van der Waals surface area contributed by atoms with E-state index in [0.717, 1.165) is 19.1 Å². The van der Waals surface area contributed by atoms with E-state index in [-0.39, 0.29) is 39.9 Å². The minimum Gasteiger partial charge on any atom is -0.487 e. The Morgan fingerprint density at radius 1 is 1.02 bits per heavy atom. The second-order valence-electron chi connectivity index (χ2n) is 9.52. The van der Waals surface area contributed by atoms with Crippen molar-refractivity contribution in [3.63, 3.8) is 0 Å². The zero-order valence-electron chi connectivity index (χ0n) is 23.0. The average Bonchev–Trinajstić information content (AvgIpc) is 3.00. The fourth-order valence-electron chi connectivity index (χ4n) is 4.21. The molecule has 0 spiro atoms. The number of aromatic nitrogens is 1. The Hall–Kier alpha value is -4.73. The molecule has 0 aliphatic carbocycles. The maximum absolute atomic E-state index is 13.6. The van der Waals surface area contributed by atoms with Crippen molar-refractivity contribution in [2.45, 2.75) is 38.0 Å². The molecule has 1 aromatic heterocycles. The molecule has 0 bridgehead atoms. The third-order valence-electron chi connectivity index (χ3n) is 6.38. The Morgan fingerprint density at radius 3 is 2.39 bits per heavy atom. The van der Waals surface area contributed by atoms with Crippen molar-refractivity contribution in [3.8, 4) is 11.8 Å². The number of nitriles is 1. The number of carbonyl (C=O) groups is 2. The summed E-state index contributed by atoms with van der Waals surface area (Å²) in [4.78, 5) is 29.5. The van der Waals surface area contributed by atoms with Crippen molar-refractivity contribution in [1.82, 2.24) is 4.98 Å². The number of nitrogens with zero attached hydrogens (tertiary/aromatic N) is 2. The van der Waals surface area contributed by atoms with Crippen molar-refractivity contribution < 1.29 is 42.1 Å². The van der Waals surface area contributed by atoms with E-state index in [1.165, 1.54) is 48.5 Å². The molecule has 8 nitrogen and oxygen atoms in total. The fraction of sp³-hybridized carbons (Fsp3) is 0.188. The Kier molecular flexibility index (Phi) is 10.0. The van der Waals surface area contributed by atoms with E-state index < -0.39 is 35.6 Å². The number of esters is 2. The van der Waals surface area contributed by atoms with Crippen LogP contribution < -0.4 is 4.74 Å². The molecule has 2 atom stereocenters. The summed E-state index contributed by atoms with van der Waals surface area (Å²) in [7, 11) is 0. The van der Waals surface area contributed by atoms with Crippen LogP contribution in [0.25, 0.3) is 0 Å². The van der Waals surface area contributed by atoms with E-state index in [4.69, 9.17) is 14.2 Å². The molecule has 0 aliphatic rings. The first kappa shape index (κ1) is 32.2. The predicted octanol–water partition coefficient (Wildman–Crippen LogP) is 6.55. The molecular formula is C32H24BrF3N2O6. The van der Waals surface area contributed by atoms with Crippen LogP contribution in [-0.2, 0) is 44.1 Å². The van der Waals surface area contributed by atoms with Crippen LogP contribution >= 0.6 is 15.9 Å². The number of alkyl halides is 3. The van der Waals surface area contributed by atoms with Crippen LogP contribution in [0, 0.1) is 11.3 Å². The minimum atomic E-state index is -4.59. The zero-order valence-corrected chi connectivity index (χ0v) is 24.6. The van der Waals surface area contributed by atoms with Gasteiger partial charge in [0.2, 0.25) is 0 Å². The van der Waals surface area contributed by atoms with Crippen LogP contribution in [0.4, 0.5) is 13.2 Å². The topological polar surface area (TPSA) is 119 Å². The Labute approximate surface area is 258 Å². The molecule has 0 saturated heterocycles. The van der Waals surface area contributed by atoms with Gasteiger partial charge in [0.05, 0.1) is 11.1 Å². The minimum absolute atomic E-state index is 0.0566. The number of halogens is 4. The molecule has 1 N–H and O–H groups in total. The number of hydrogen-bond donors (Lipinski definition) is 1. The summed E-state index contributed by atoms with van der Waals surface area (Å²) < 4.78 is 56.6. The molecule has 44 heavy (non-hydrogen) atoms. The number of rotatable bonds is 10. The Bertz CT molecular complexity index is 1680. The van der Waals surface area contributed by atoms with Crippen molar-refractivity contribution in [3.05, 3.63) is 129 Å². The van der Waals surface area contributed by atoms with Crippen LogP contribution in [0.5, 0.6) is 5.75 Å². The van der Waals surface area contributed by atoms with Crippen molar-refractivity contribution >= 4 is 27.9 Å². The van der Waals surface area contributed by atoms with Gasteiger partial charge in [0, 0.05) is 41.3 Å². The number of ether oxygens (including phenoxy) is 3. The van der Waals surface area contributed by atoms with Crippen LogP contribution in [0.2, 0.25) is 0 Å². The molecule has 1 heterocycles. The maximum atomic E-state index is 13.6. The smallest absolute Gasteiger partial charge is 0.416 e. The quantitative estimate of drug-likeness (QED) is 0.149. The largest absolute Gasteiger partial charge is 0.487 e. The zero-order chi connectivity index (χ0) is 31.9. The third kappa shape index (κ3) is 7.80. The summed E-state index contributed by atoms with van der Waals surface area (Å²) in [6.07, 6.45) is -2.84. The molecule has 0 aliphatic heterocycles. The van der Waals surface area contributed by atoms with Crippen LogP contribution in [0.15, 0.2) is 95.7 Å². The molecule has 0 saturated carbocycles. The average molecular weight is 669 g/mol. The number of benzene rings is 3. The lowest BCUT2D eigenvalue weighted by molar-refractivity contribution is -0.234. The SMILES string of the molecule is CC(=O)OC(O)(C(=O)OC(Cc1ccc(C(F)(F)F)cc1Br)c1ccc(C#N)c(OCc2cccnc2)c1)c1ccccc1. The van der Waals surface area contributed by atoms with Gasteiger partial charge in [0.25, 0.3) is 0 Å². The first-order valence-electron chi connectivity index (χ1n) is 13.0. The summed E-state index contributed by atoms with van der Waals surface area (Å²) in [5.74, 6) is -5.02. The van der Waals surface area contributed by atoms with Gasteiger partial charge in [0.15, 0.2) is 0 Å². The van der Waals surface area contributed by atoms with E-state index in [2.05, 4.69) is 20.9 Å². The van der Waals surface area contributed by atoms with Gasteiger partial charge in [-0.2, -0.15) is 18.4 Å². The summed E-state index contributed by atoms with van der Waals surface area (Å²) in [5, 5.41) is 20.9. The Balaban J connectivity index is 1.74. The van der Waals surface area contributed by atoms with Crippen molar-refractivity contribution in [2.75, 3.05) is 0 Å². The highest BCUT2D eigenvalue weighted by atomic mass is 79.9. The van der Waals surface area contributed by atoms with Gasteiger partial charge in [-0.15, -0.1) is 0 Å². The number of aliphatic hydroxyl groups is 1. The van der Waals surface area contributed by atoms with Crippen LogP contribution in [0.3, 0.4) is 0 Å². The van der Waals surface area contributed by atoms with Gasteiger partial charge in [0.1, 0.15) is 24.5 Å². The first-order chi connectivity index (χ1) is 20.9. The highest BCUT2D eigenvalue weighted by Crippen LogP contribution is 2.36. The summed E-state index contributed by atoms with van der Waals surface area (Å²) in [6, 6.07) is 20.3. The van der Waals surface area contributed by atoms with E-state index >= 15 is 0 Å².